The topological polar surface area (TPSA) is 63.0 Å². The molecule has 2 N–H and O–H groups in total. The Morgan fingerprint density at radius 1 is 1.53 bits per heavy atom. The molecule has 1 aromatic heterocycles. The Kier molecular flexibility index (Phi) is 4.42. The molecule has 1 aromatic rings. The van der Waals surface area contributed by atoms with Crippen LogP contribution in [0.3, 0.4) is 0 Å². The minimum atomic E-state index is 0.217. The van der Waals surface area contributed by atoms with Gasteiger partial charge in [0.15, 0.2) is 5.16 Å². The van der Waals surface area contributed by atoms with Crippen LogP contribution in [0.25, 0.3) is 0 Å². The Morgan fingerprint density at radius 2 is 2.29 bits per heavy atom. The minimum absolute atomic E-state index is 0.217. The van der Waals surface area contributed by atoms with Crippen molar-refractivity contribution in [2.24, 2.45) is 7.05 Å². The number of aliphatic hydroxyl groups excluding tert-OH is 1. The van der Waals surface area contributed by atoms with Crippen molar-refractivity contribution in [3.63, 3.8) is 0 Å². The van der Waals surface area contributed by atoms with Crippen molar-refractivity contribution in [1.82, 2.24) is 20.1 Å². The molecule has 1 saturated carbocycles. The fourth-order valence-corrected chi connectivity index (χ4v) is 2.63. The van der Waals surface area contributed by atoms with Crippen molar-refractivity contribution in [2.75, 3.05) is 12.4 Å². The normalized spacial score (nSPS) is 17.4. The third kappa shape index (κ3) is 3.69. The van der Waals surface area contributed by atoms with Gasteiger partial charge < -0.3 is 15.0 Å². The van der Waals surface area contributed by atoms with Crippen LogP contribution in [0.5, 0.6) is 0 Å². The molecule has 17 heavy (non-hydrogen) atoms. The number of thioether (sulfide) groups is 1. The zero-order valence-electron chi connectivity index (χ0n) is 10.4. The van der Waals surface area contributed by atoms with Crippen molar-refractivity contribution in [3.05, 3.63) is 5.82 Å². The summed E-state index contributed by atoms with van der Waals surface area (Å²) in [5.41, 5.74) is 0. The standard InChI is InChI=1S/C11H20N4OS/c1-8-13-14-11(15(8)2)17-6-5-10(7-16)12-9-3-4-9/h9-10,12,16H,3-7H2,1-2H3. The van der Waals surface area contributed by atoms with E-state index in [-0.39, 0.29) is 12.6 Å². The van der Waals surface area contributed by atoms with Crippen LogP contribution < -0.4 is 5.32 Å². The van der Waals surface area contributed by atoms with E-state index < -0.39 is 0 Å². The summed E-state index contributed by atoms with van der Waals surface area (Å²) in [6, 6.07) is 0.874. The van der Waals surface area contributed by atoms with Crippen molar-refractivity contribution in [2.45, 2.75) is 43.4 Å². The van der Waals surface area contributed by atoms with Gasteiger partial charge in [0.05, 0.1) is 6.61 Å². The predicted octanol–water partition coefficient (Wildman–Crippen LogP) is 0.719. The molecule has 1 aliphatic carbocycles. The number of nitrogens with zero attached hydrogens (tertiary/aromatic N) is 3. The summed E-state index contributed by atoms with van der Waals surface area (Å²) < 4.78 is 1.99. The highest BCUT2D eigenvalue weighted by molar-refractivity contribution is 7.99. The molecule has 2 rings (SSSR count). The maximum absolute atomic E-state index is 9.25. The van der Waals surface area contributed by atoms with Crippen LogP contribution in [0.15, 0.2) is 5.16 Å². The highest BCUT2D eigenvalue weighted by Crippen LogP contribution is 2.21. The maximum Gasteiger partial charge on any atom is 0.190 e. The SMILES string of the molecule is Cc1nnc(SCCC(CO)NC2CC2)n1C. The molecular formula is C11H20N4OS. The van der Waals surface area contributed by atoms with Gasteiger partial charge in [0.1, 0.15) is 5.82 Å². The first kappa shape index (κ1) is 12.9. The molecule has 96 valence electrons. The highest BCUT2D eigenvalue weighted by atomic mass is 32.2. The molecule has 0 bridgehead atoms. The number of rotatable bonds is 7. The third-order valence-corrected chi connectivity index (χ3v) is 4.07. The summed E-state index contributed by atoms with van der Waals surface area (Å²) in [6.07, 6.45) is 3.47. The van der Waals surface area contributed by atoms with Gasteiger partial charge >= 0.3 is 0 Å². The summed E-state index contributed by atoms with van der Waals surface area (Å²) in [6.45, 7) is 2.16. The summed E-state index contributed by atoms with van der Waals surface area (Å²) in [5, 5.41) is 21.8. The Balaban J connectivity index is 1.72. The van der Waals surface area contributed by atoms with Gasteiger partial charge in [-0.3, -0.25) is 0 Å². The Morgan fingerprint density at radius 3 is 2.82 bits per heavy atom. The lowest BCUT2D eigenvalue weighted by atomic mass is 10.2. The molecule has 1 fully saturated rings. The summed E-state index contributed by atoms with van der Waals surface area (Å²) in [7, 11) is 1.98. The van der Waals surface area contributed by atoms with Gasteiger partial charge in [-0.1, -0.05) is 11.8 Å². The molecule has 0 radical (unpaired) electrons. The molecule has 0 saturated heterocycles. The lowest BCUT2D eigenvalue weighted by molar-refractivity contribution is 0.238. The number of aromatic nitrogens is 3. The zero-order valence-corrected chi connectivity index (χ0v) is 11.2. The molecule has 0 aliphatic heterocycles. The van der Waals surface area contributed by atoms with Crippen LogP contribution in [-0.2, 0) is 7.05 Å². The largest absolute Gasteiger partial charge is 0.395 e. The van der Waals surface area contributed by atoms with Gasteiger partial charge in [0, 0.05) is 24.9 Å². The number of aryl methyl sites for hydroxylation is 1. The van der Waals surface area contributed by atoms with Crippen LogP contribution >= 0.6 is 11.8 Å². The van der Waals surface area contributed by atoms with E-state index in [4.69, 9.17) is 0 Å². The average Bonchev–Trinajstić information content (AvgIpc) is 3.09. The molecule has 1 aliphatic rings. The second kappa shape index (κ2) is 5.84. The van der Waals surface area contributed by atoms with Crippen LogP contribution in [0.1, 0.15) is 25.1 Å². The van der Waals surface area contributed by atoms with Crippen LogP contribution in [-0.4, -0.2) is 44.3 Å². The van der Waals surface area contributed by atoms with Gasteiger partial charge in [0.25, 0.3) is 0 Å². The lowest BCUT2D eigenvalue weighted by Gasteiger charge is -2.15. The molecule has 6 heteroatoms. The molecule has 5 nitrogen and oxygen atoms in total. The van der Waals surface area contributed by atoms with E-state index in [1.807, 2.05) is 18.5 Å². The van der Waals surface area contributed by atoms with Crippen LogP contribution in [0.2, 0.25) is 0 Å². The maximum atomic E-state index is 9.25. The third-order valence-electron chi connectivity index (χ3n) is 3.02. The lowest BCUT2D eigenvalue weighted by Crippen LogP contribution is -2.34. The van der Waals surface area contributed by atoms with Gasteiger partial charge in [-0.15, -0.1) is 10.2 Å². The van der Waals surface area contributed by atoms with Crippen molar-refractivity contribution < 1.29 is 5.11 Å². The zero-order chi connectivity index (χ0) is 12.3. The van der Waals surface area contributed by atoms with E-state index in [0.29, 0.717) is 6.04 Å². The number of aliphatic hydroxyl groups is 1. The molecule has 0 aromatic carbocycles. The Labute approximate surface area is 106 Å². The van der Waals surface area contributed by atoms with E-state index in [1.54, 1.807) is 11.8 Å². The fourth-order valence-electron chi connectivity index (χ4n) is 1.62. The molecular weight excluding hydrogens is 236 g/mol. The predicted molar refractivity (Wildman–Crippen MR) is 68.1 cm³/mol. The monoisotopic (exact) mass is 256 g/mol. The summed E-state index contributed by atoms with van der Waals surface area (Å²) in [4.78, 5) is 0. The summed E-state index contributed by atoms with van der Waals surface area (Å²) >= 11 is 1.70. The van der Waals surface area contributed by atoms with Gasteiger partial charge in [-0.05, 0) is 26.2 Å². The van der Waals surface area contributed by atoms with Gasteiger partial charge in [-0.2, -0.15) is 0 Å². The Bertz CT molecular complexity index is 364. The minimum Gasteiger partial charge on any atom is -0.395 e. The van der Waals surface area contributed by atoms with E-state index in [1.165, 1.54) is 12.8 Å². The first-order valence-electron chi connectivity index (χ1n) is 6.06. The molecule has 1 heterocycles. The highest BCUT2D eigenvalue weighted by Gasteiger charge is 2.24. The van der Waals surface area contributed by atoms with E-state index >= 15 is 0 Å². The quantitative estimate of drug-likeness (QED) is 0.704. The smallest absolute Gasteiger partial charge is 0.190 e. The molecule has 0 amide bonds. The van der Waals surface area contributed by atoms with E-state index in [9.17, 15) is 5.11 Å². The van der Waals surface area contributed by atoms with Crippen LogP contribution in [0, 0.1) is 6.92 Å². The van der Waals surface area contributed by atoms with Crippen molar-refractivity contribution in [1.29, 1.82) is 0 Å². The first-order chi connectivity index (χ1) is 8.20. The number of hydrogen-bond donors (Lipinski definition) is 2. The van der Waals surface area contributed by atoms with Crippen molar-refractivity contribution >= 4 is 11.8 Å². The molecule has 0 spiro atoms. The summed E-state index contributed by atoms with van der Waals surface area (Å²) in [5.74, 6) is 1.89. The molecule has 1 atom stereocenters. The van der Waals surface area contributed by atoms with Gasteiger partial charge in [-0.25, -0.2) is 0 Å². The second-order valence-electron chi connectivity index (χ2n) is 4.55. The van der Waals surface area contributed by atoms with Crippen molar-refractivity contribution in [3.8, 4) is 0 Å². The molecule has 1 unspecified atom stereocenters. The van der Waals surface area contributed by atoms with E-state index in [0.717, 1.165) is 23.2 Å². The fraction of sp³-hybridized carbons (Fsp3) is 0.818. The number of hydrogen-bond acceptors (Lipinski definition) is 5. The second-order valence-corrected chi connectivity index (χ2v) is 5.61. The van der Waals surface area contributed by atoms with Crippen LogP contribution in [0.4, 0.5) is 0 Å². The Hall–Kier alpha value is -0.590. The first-order valence-corrected chi connectivity index (χ1v) is 7.05. The van der Waals surface area contributed by atoms with E-state index in [2.05, 4.69) is 15.5 Å². The number of nitrogens with one attached hydrogen (secondary N) is 1. The van der Waals surface area contributed by atoms with Gasteiger partial charge in [0.2, 0.25) is 0 Å². The average molecular weight is 256 g/mol.